The fourth-order valence-electron chi connectivity index (χ4n) is 2.84. The molecule has 11 heteroatoms. The van der Waals surface area contributed by atoms with E-state index in [-0.39, 0.29) is 35.4 Å². The number of hydrogen-bond acceptors (Lipinski definition) is 5. The molecule has 0 aliphatic carbocycles. The molecule has 0 aliphatic heterocycles. The molecule has 0 radical (unpaired) electrons. The summed E-state index contributed by atoms with van der Waals surface area (Å²) in [6.07, 6.45) is 4.65. The van der Waals surface area contributed by atoms with Gasteiger partial charge in [-0.05, 0) is 17.7 Å². The smallest absolute Gasteiger partial charge is 0.242 e. The normalized spacial score (nSPS) is 11.6. The van der Waals surface area contributed by atoms with Crippen molar-refractivity contribution in [1.82, 2.24) is 29.9 Å². The Labute approximate surface area is 199 Å². The number of aromatic amines is 1. The molecule has 0 bridgehead atoms. The van der Waals surface area contributed by atoms with Crippen LogP contribution in [-0.2, 0) is 16.6 Å². The molecule has 0 unspecified atom stereocenters. The third-order valence-electron chi connectivity index (χ3n) is 4.32. The molecule has 1 aromatic carbocycles. The highest BCUT2D eigenvalue weighted by Gasteiger charge is 2.14. The molecule has 166 valence electrons. The molecular weight excluding hydrogens is 529 g/mol. The number of guanidine groups is 1. The van der Waals surface area contributed by atoms with Gasteiger partial charge in [-0.25, -0.2) is 18.1 Å². The highest BCUT2D eigenvalue weighted by Crippen LogP contribution is 2.16. The van der Waals surface area contributed by atoms with Crippen LogP contribution in [0.3, 0.4) is 0 Å². The summed E-state index contributed by atoms with van der Waals surface area (Å²) in [5.74, 6) is 1.44. The van der Waals surface area contributed by atoms with Crippen LogP contribution < -0.4 is 10.0 Å². The summed E-state index contributed by atoms with van der Waals surface area (Å²) < 4.78 is 27.0. The highest BCUT2D eigenvalue weighted by molar-refractivity contribution is 14.0. The first-order chi connectivity index (χ1) is 14.5. The summed E-state index contributed by atoms with van der Waals surface area (Å²) in [7, 11) is -0.0128. The van der Waals surface area contributed by atoms with E-state index in [0.717, 1.165) is 17.1 Å². The van der Waals surface area contributed by atoms with Crippen molar-refractivity contribution < 1.29 is 8.42 Å². The third-order valence-corrected chi connectivity index (χ3v) is 5.76. The Morgan fingerprint density at radius 3 is 2.58 bits per heavy atom. The Balaban J connectivity index is 0.00000341. The van der Waals surface area contributed by atoms with Crippen molar-refractivity contribution in [2.75, 3.05) is 27.2 Å². The number of aliphatic imine (C=N–C) groups is 1. The Hall–Kier alpha value is -2.51. The van der Waals surface area contributed by atoms with E-state index in [0.29, 0.717) is 19.0 Å². The molecule has 3 N–H and O–H groups in total. The standard InChI is InChI=1S/C20H25N7O2S.HI/c1-21-20(23-11-12-25-30(28,29)17-9-6-10-22-13-17)27(2)15-19-24-14-18(26-19)16-7-4-3-5-8-16;/h3-10,13-14,25H,11-12,15H2,1-2H3,(H,21,23)(H,24,26);1H. The number of H-pyrrole nitrogens is 1. The lowest BCUT2D eigenvalue weighted by Crippen LogP contribution is -2.42. The van der Waals surface area contributed by atoms with Crippen LogP contribution in [-0.4, -0.2) is 61.4 Å². The maximum absolute atomic E-state index is 12.2. The van der Waals surface area contributed by atoms with Gasteiger partial charge in [-0.3, -0.25) is 9.98 Å². The van der Waals surface area contributed by atoms with E-state index in [1.54, 1.807) is 13.1 Å². The first-order valence-electron chi connectivity index (χ1n) is 9.40. The molecule has 9 nitrogen and oxygen atoms in total. The number of nitrogens with one attached hydrogen (secondary N) is 3. The lowest BCUT2D eigenvalue weighted by molar-refractivity contribution is 0.464. The van der Waals surface area contributed by atoms with Gasteiger partial charge in [0.05, 0.1) is 18.4 Å². The molecule has 0 saturated carbocycles. The van der Waals surface area contributed by atoms with Gasteiger partial charge >= 0.3 is 0 Å². The lowest BCUT2D eigenvalue weighted by atomic mass is 10.2. The average Bonchev–Trinajstić information content (AvgIpc) is 3.23. The average molecular weight is 555 g/mol. The van der Waals surface area contributed by atoms with E-state index in [4.69, 9.17) is 0 Å². The van der Waals surface area contributed by atoms with Crippen LogP contribution in [0.15, 0.2) is 70.9 Å². The van der Waals surface area contributed by atoms with Crippen molar-refractivity contribution in [2.45, 2.75) is 11.4 Å². The molecule has 0 saturated heterocycles. The molecule has 0 fully saturated rings. The Morgan fingerprint density at radius 2 is 1.90 bits per heavy atom. The monoisotopic (exact) mass is 555 g/mol. The van der Waals surface area contributed by atoms with Crippen LogP contribution in [0.1, 0.15) is 5.82 Å². The molecule has 0 atom stereocenters. The Bertz CT molecular complexity index is 1070. The number of pyridine rings is 1. The number of imidazole rings is 1. The zero-order valence-electron chi connectivity index (χ0n) is 17.3. The van der Waals surface area contributed by atoms with Gasteiger partial charge in [-0.15, -0.1) is 24.0 Å². The van der Waals surface area contributed by atoms with Gasteiger partial charge in [0.25, 0.3) is 0 Å². The second kappa shape index (κ2) is 11.8. The van der Waals surface area contributed by atoms with E-state index < -0.39 is 10.0 Å². The van der Waals surface area contributed by atoms with Crippen molar-refractivity contribution in [2.24, 2.45) is 4.99 Å². The van der Waals surface area contributed by atoms with E-state index in [1.165, 1.54) is 18.5 Å². The molecule has 31 heavy (non-hydrogen) atoms. The summed E-state index contributed by atoms with van der Waals surface area (Å²) in [6.45, 7) is 1.11. The van der Waals surface area contributed by atoms with Gasteiger partial charge in [0.15, 0.2) is 5.96 Å². The minimum atomic E-state index is -3.58. The lowest BCUT2D eigenvalue weighted by Gasteiger charge is -2.21. The number of halogens is 1. The number of nitrogens with zero attached hydrogens (tertiary/aromatic N) is 4. The predicted molar refractivity (Wildman–Crippen MR) is 132 cm³/mol. The SMILES string of the molecule is CN=C(NCCNS(=O)(=O)c1cccnc1)N(C)Cc1ncc(-c2ccccc2)[nH]1.I. The van der Waals surface area contributed by atoms with E-state index >= 15 is 0 Å². The fourth-order valence-corrected chi connectivity index (χ4v) is 3.84. The zero-order valence-corrected chi connectivity index (χ0v) is 20.5. The second-order valence-corrected chi connectivity index (χ2v) is 8.29. The van der Waals surface area contributed by atoms with E-state index in [9.17, 15) is 8.42 Å². The van der Waals surface area contributed by atoms with Crippen molar-refractivity contribution in [3.8, 4) is 11.3 Å². The summed E-state index contributed by atoms with van der Waals surface area (Å²) >= 11 is 0. The summed E-state index contributed by atoms with van der Waals surface area (Å²) in [4.78, 5) is 17.9. The van der Waals surface area contributed by atoms with Gasteiger partial charge in [0.1, 0.15) is 10.7 Å². The van der Waals surface area contributed by atoms with Crippen LogP contribution in [0.5, 0.6) is 0 Å². The van der Waals surface area contributed by atoms with Crippen LogP contribution >= 0.6 is 24.0 Å². The van der Waals surface area contributed by atoms with Crippen molar-refractivity contribution in [3.63, 3.8) is 0 Å². The third kappa shape index (κ3) is 7.01. The minimum Gasteiger partial charge on any atom is -0.355 e. The summed E-state index contributed by atoms with van der Waals surface area (Å²) in [5.41, 5.74) is 2.02. The second-order valence-electron chi connectivity index (χ2n) is 6.53. The number of benzene rings is 1. The van der Waals surface area contributed by atoms with E-state index in [2.05, 4.69) is 30.0 Å². The fraction of sp³-hybridized carbons (Fsp3) is 0.250. The molecule has 3 rings (SSSR count). The first-order valence-corrected chi connectivity index (χ1v) is 10.9. The number of aromatic nitrogens is 3. The van der Waals surface area contributed by atoms with Gasteiger partial charge < -0.3 is 15.2 Å². The predicted octanol–water partition coefficient (Wildman–Crippen LogP) is 2.08. The van der Waals surface area contributed by atoms with Crippen LogP contribution in [0.25, 0.3) is 11.3 Å². The molecule has 2 heterocycles. The first kappa shape index (κ1) is 24.8. The molecular formula is C20H26IN7O2S. The van der Waals surface area contributed by atoms with Crippen LogP contribution in [0, 0.1) is 0 Å². The van der Waals surface area contributed by atoms with Gasteiger partial charge in [0, 0.05) is 39.6 Å². The molecule has 0 aliphatic rings. The van der Waals surface area contributed by atoms with E-state index in [1.807, 2.05) is 48.5 Å². The maximum atomic E-state index is 12.2. The largest absolute Gasteiger partial charge is 0.355 e. The highest BCUT2D eigenvalue weighted by atomic mass is 127. The van der Waals surface area contributed by atoms with Gasteiger partial charge in [-0.2, -0.15) is 0 Å². The quantitative estimate of drug-likeness (QED) is 0.170. The molecule has 3 aromatic rings. The van der Waals surface area contributed by atoms with Crippen LogP contribution in [0.4, 0.5) is 0 Å². The van der Waals surface area contributed by atoms with Crippen molar-refractivity contribution >= 4 is 40.0 Å². The Kier molecular flexibility index (Phi) is 9.40. The number of rotatable bonds is 8. The van der Waals surface area contributed by atoms with Crippen molar-refractivity contribution in [3.05, 3.63) is 66.9 Å². The number of sulfonamides is 1. The van der Waals surface area contributed by atoms with Gasteiger partial charge in [0.2, 0.25) is 10.0 Å². The molecule has 2 aromatic heterocycles. The molecule has 0 amide bonds. The summed E-state index contributed by atoms with van der Waals surface area (Å²) in [6, 6.07) is 13.1. The zero-order chi connectivity index (χ0) is 21.4. The topological polar surface area (TPSA) is 115 Å². The maximum Gasteiger partial charge on any atom is 0.242 e. The number of hydrogen-bond donors (Lipinski definition) is 3. The summed E-state index contributed by atoms with van der Waals surface area (Å²) in [5, 5.41) is 3.14. The minimum absolute atomic E-state index is 0. The molecule has 0 spiro atoms. The van der Waals surface area contributed by atoms with Crippen molar-refractivity contribution in [1.29, 1.82) is 0 Å². The van der Waals surface area contributed by atoms with Crippen LogP contribution in [0.2, 0.25) is 0 Å². The van der Waals surface area contributed by atoms with Gasteiger partial charge in [-0.1, -0.05) is 30.3 Å². The Morgan fingerprint density at radius 1 is 1.13 bits per heavy atom.